The monoisotopic (exact) mass is 359 g/mol. The normalized spacial score (nSPS) is 26.3. The van der Waals surface area contributed by atoms with Gasteiger partial charge in [0.25, 0.3) is 5.91 Å². The summed E-state index contributed by atoms with van der Waals surface area (Å²) in [6.07, 6.45) is 5.38. The topological polar surface area (TPSA) is 107 Å². The van der Waals surface area contributed by atoms with Gasteiger partial charge in [-0.3, -0.25) is 19.5 Å². The van der Waals surface area contributed by atoms with Crippen LogP contribution in [0.1, 0.15) is 60.6 Å². The van der Waals surface area contributed by atoms with Crippen molar-refractivity contribution in [3.63, 3.8) is 0 Å². The lowest BCUT2D eigenvalue weighted by atomic mass is 9.85. The number of carbonyl (C=O) groups excluding carboxylic acids is 3. The van der Waals surface area contributed by atoms with Gasteiger partial charge in [0.1, 0.15) is 5.69 Å². The van der Waals surface area contributed by atoms with E-state index in [4.69, 9.17) is 0 Å². The van der Waals surface area contributed by atoms with Gasteiger partial charge in [0.2, 0.25) is 11.8 Å². The second kappa shape index (κ2) is 7.09. The van der Waals surface area contributed by atoms with Crippen LogP contribution in [0.4, 0.5) is 0 Å². The summed E-state index contributed by atoms with van der Waals surface area (Å²) in [6, 6.07) is 1.93. The van der Waals surface area contributed by atoms with E-state index in [-0.39, 0.29) is 36.2 Å². The highest BCUT2D eigenvalue weighted by atomic mass is 16.2. The van der Waals surface area contributed by atoms with Crippen molar-refractivity contribution in [2.75, 3.05) is 19.6 Å². The molecule has 0 radical (unpaired) electrons. The molecule has 1 aromatic rings. The molecule has 0 bridgehead atoms. The highest BCUT2D eigenvalue weighted by Crippen LogP contribution is 2.39. The molecular weight excluding hydrogens is 334 g/mol. The molecule has 2 saturated carbocycles. The van der Waals surface area contributed by atoms with Crippen LogP contribution in [0.15, 0.2) is 6.07 Å². The van der Waals surface area contributed by atoms with Crippen LogP contribution in [0.3, 0.4) is 0 Å². The molecule has 1 aromatic heterocycles. The number of amides is 3. The van der Waals surface area contributed by atoms with Crippen molar-refractivity contribution in [2.24, 2.45) is 5.92 Å². The minimum absolute atomic E-state index is 0.0408. The van der Waals surface area contributed by atoms with Gasteiger partial charge in [0.05, 0.1) is 6.54 Å². The number of H-pyrrole nitrogens is 1. The summed E-state index contributed by atoms with van der Waals surface area (Å²) in [7, 11) is 0. The maximum atomic E-state index is 12.6. The number of carbonyl (C=O) groups is 3. The highest BCUT2D eigenvalue weighted by molar-refractivity contribution is 5.92. The van der Waals surface area contributed by atoms with E-state index in [1.165, 1.54) is 12.8 Å². The van der Waals surface area contributed by atoms with Crippen LogP contribution in [0.2, 0.25) is 0 Å². The van der Waals surface area contributed by atoms with Gasteiger partial charge in [-0.1, -0.05) is 0 Å². The van der Waals surface area contributed by atoms with Gasteiger partial charge in [-0.25, -0.2) is 0 Å². The third-order valence-electron chi connectivity index (χ3n) is 5.61. The average molecular weight is 359 g/mol. The van der Waals surface area contributed by atoms with Crippen LogP contribution >= 0.6 is 0 Å². The fourth-order valence-electron chi connectivity index (χ4n) is 3.89. The van der Waals surface area contributed by atoms with E-state index in [0.29, 0.717) is 24.7 Å². The van der Waals surface area contributed by atoms with Crippen LogP contribution in [-0.2, 0) is 9.59 Å². The van der Waals surface area contributed by atoms with Gasteiger partial charge in [0, 0.05) is 36.7 Å². The molecule has 0 atom stereocenters. The number of aromatic amines is 1. The molecule has 3 N–H and O–H groups in total. The van der Waals surface area contributed by atoms with Crippen molar-refractivity contribution in [3.05, 3.63) is 17.5 Å². The lowest BCUT2D eigenvalue weighted by molar-refractivity contribution is -0.142. The van der Waals surface area contributed by atoms with E-state index in [1.54, 1.807) is 4.90 Å². The first-order valence-electron chi connectivity index (χ1n) is 9.52. The largest absolute Gasteiger partial charge is 0.353 e. The Hall–Kier alpha value is -2.38. The molecule has 1 aliphatic heterocycles. The van der Waals surface area contributed by atoms with Gasteiger partial charge in [-0.05, 0) is 44.6 Å². The summed E-state index contributed by atoms with van der Waals surface area (Å²) in [5.74, 6) is 0.347. The van der Waals surface area contributed by atoms with E-state index in [1.807, 2.05) is 6.07 Å². The zero-order valence-electron chi connectivity index (χ0n) is 14.8. The van der Waals surface area contributed by atoms with Crippen LogP contribution in [0.5, 0.6) is 0 Å². The summed E-state index contributed by atoms with van der Waals surface area (Å²) in [5, 5.41) is 12.9. The first-order valence-corrected chi connectivity index (χ1v) is 9.52. The van der Waals surface area contributed by atoms with Crippen molar-refractivity contribution >= 4 is 17.7 Å². The minimum atomic E-state index is -0.143. The third kappa shape index (κ3) is 3.73. The fourth-order valence-corrected chi connectivity index (χ4v) is 3.89. The first-order chi connectivity index (χ1) is 12.6. The summed E-state index contributed by atoms with van der Waals surface area (Å²) in [6.45, 7) is 1.28. The average Bonchev–Trinajstić information content (AvgIpc) is 3.38. The lowest BCUT2D eigenvalue weighted by Crippen LogP contribution is -2.52. The Bertz CT molecular complexity index is 703. The number of aromatic nitrogens is 2. The molecular formula is C18H25N5O3. The predicted octanol–water partition coefficient (Wildman–Crippen LogP) is 0.534. The molecule has 3 fully saturated rings. The molecule has 3 amide bonds. The number of hydrogen-bond acceptors (Lipinski definition) is 4. The van der Waals surface area contributed by atoms with E-state index in [0.717, 1.165) is 31.4 Å². The van der Waals surface area contributed by atoms with Gasteiger partial charge in [-0.15, -0.1) is 0 Å². The molecule has 4 rings (SSSR count). The molecule has 1 saturated heterocycles. The first kappa shape index (κ1) is 17.1. The third-order valence-corrected chi connectivity index (χ3v) is 5.61. The summed E-state index contributed by atoms with van der Waals surface area (Å²) in [5.41, 5.74) is 1.50. The Kier molecular flexibility index (Phi) is 4.65. The van der Waals surface area contributed by atoms with Crippen LogP contribution in [0, 0.1) is 5.92 Å². The Morgan fingerprint density at radius 3 is 2.62 bits per heavy atom. The number of nitrogens with one attached hydrogen (secondary N) is 3. The Balaban J connectivity index is 1.25. The van der Waals surface area contributed by atoms with E-state index in [9.17, 15) is 14.4 Å². The number of piperazine rings is 1. The maximum absolute atomic E-state index is 12.6. The van der Waals surface area contributed by atoms with Gasteiger partial charge in [-0.2, -0.15) is 5.10 Å². The fraction of sp³-hybridized carbons (Fsp3) is 0.667. The standard InChI is InChI=1S/C18H25N5O3/c24-16-10-23(8-7-19-16)18(26)12-3-5-13(6-4-12)20-17(25)15-9-14(21-22-15)11-1-2-11/h9,11-13H,1-8,10H2,(H,19,24)(H,20,25)(H,21,22). The molecule has 2 aliphatic carbocycles. The molecule has 2 heterocycles. The molecule has 0 aromatic carbocycles. The van der Waals surface area contributed by atoms with Gasteiger partial charge in [0.15, 0.2) is 0 Å². The second-order valence-corrected chi connectivity index (χ2v) is 7.61. The molecule has 8 nitrogen and oxygen atoms in total. The van der Waals surface area contributed by atoms with Gasteiger partial charge >= 0.3 is 0 Å². The van der Waals surface area contributed by atoms with Crippen molar-refractivity contribution in [2.45, 2.75) is 50.5 Å². The Labute approximate surface area is 152 Å². The number of hydrogen-bond donors (Lipinski definition) is 3. The predicted molar refractivity (Wildman–Crippen MR) is 93.4 cm³/mol. The highest BCUT2D eigenvalue weighted by Gasteiger charge is 2.32. The zero-order chi connectivity index (χ0) is 18.1. The Morgan fingerprint density at radius 1 is 1.15 bits per heavy atom. The number of rotatable bonds is 4. The SMILES string of the molecule is O=C1CN(C(=O)C2CCC(NC(=O)c3cc(C4CC4)[nH]n3)CC2)CCN1. The van der Waals surface area contributed by atoms with Gasteiger partial charge < -0.3 is 15.5 Å². The molecule has 26 heavy (non-hydrogen) atoms. The van der Waals surface area contributed by atoms with E-state index in [2.05, 4.69) is 20.8 Å². The molecule has 8 heteroatoms. The van der Waals surface area contributed by atoms with E-state index >= 15 is 0 Å². The molecule has 0 unspecified atom stereocenters. The second-order valence-electron chi connectivity index (χ2n) is 7.61. The maximum Gasteiger partial charge on any atom is 0.271 e. The summed E-state index contributed by atoms with van der Waals surface area (Å²) >= 11 is 0. The molecule has 3 aliphatic rings. The lowest BCUT2D eigenvalue weighted by Gasteiger charge is -2.33. The number of nitrogens with zero attached hydrogens (tertiary/aromatic N) is 2. The van der Waals surface area contributed by atoms with E-state index < -0.39 is 0 Å². The Morgan fingerprint density at radius 2 is 1.92 bits per heavy atom. The van der Waals surface area contributed by atoms with Crippen LogP contribution in [0.25, 0.3) is 0 Å². The smallest absolute Gasteiger partial charge is 0.271 e. The van der Waals surface area contributed by atoms with Crippen molar-refractivity contribution in [3.8, 4) is 0 Å². The quantitative estimate of drug-likeness (QED) is 0.729. The summed E-state index contributed by atoms with van der Waals surface area (Å²) < 4.78 is 0. The minimum Gasteiger partial charge on any atom is -0.353 e. The van der Waals surface area contributed by atoms with Crippen molar-refractivity contribution < 1.29 is 14.4 Å². The molecule has 140 valence electrons. The van der Waals surface area contributed by atoms with Crippen LogP contribution in [-0.4, -0.2) is 58.5 Å². The van der Waals surface area contributed by atoms with Crippen molar-refractivity contribution in [1.82, 2.24) is 25.7 Å². The van der Waals surface area contributed by atoms with Crippen LogP contribution < -0.4 is 10.6 Å². The van der Waals surface area contributed by atoms with Crippen molar-refractivity contribution in [1.29, 1.82) is 0 Å². The summed E-state index contributed by atoms with van der Waals surface area (Å²) in [4.78, 5) is 38.0. The molecule has 0 spiro atoms. The zero-order valence-corrected chi connectivity index (χ0v) is 14.8.